The molecule has 2 aromatic rings. The Hall–Kier alpha value is -2.54. The van der Waals surface area contributed by atoms with E-state index in [0.717, 1.165) is 11.4 Å². The summed E-state index contributed by atoms with van der Waals surface area (Å²) < 4.78 is 13.5. The number of hydrogen-bond donors (Lipinski definition) is 1. The van der Waals surface area contributed by atoms with Crippen LogP contribution in [0.25, 0.3) is 0 Å². The molecule has 1 N–H and O–H groups in total. The maximum absolute atomic E-state index is 13.5. The van der Waals surface area contributed by atoms with Crippen LogP contribution >= 0.6 is 0 Å². The Labute approximate surface area is 111 Å². The van der Waals surface area contributed by atoms with E-state index in [1.165, 1.54) is 12.1 Å². The molecule has 3 nitrogen and oxygen atoms in total. The Morgan fingerprint density at radius 3 is 2.53 bits per heavy atom. The smallest absolute Gasteiger partial charge is 0.143 e. The van der Waals surface area contributed by atoms with Gasteiger partial charge in [-0.25, -0.2) is 4.39 Å². The van der Waals surface area contributed by atoms with Gasteiger partial charge < -0.3 is 10.2 Å². The van der Waals surface area contributed by atoms with E-state index in [9.17, 15) is 4.39 Å². The summed E-state index contributed by atoms with van der Waals surface area (Å²) in [5.74, 6) is -0.519. The SMILES string of the molecule is CN(C)c1ccccc1Nc1ccc(C#N)c(F)c1. The lowest BCUT2D eigenvalue weighted by atomic mass is 10.2. The van der Waals surface area contributed by atoms with Crippen LogP contribution < -0.4 is 10.2 Å². The molecule has 0 saturated carbocycles. The van der Waals surface area contributed by atoms with Gasteiger partial charge in [-0.05, 0) is 30.3 Å². The molecule has 0 aromatic heterocycles. The van der Waals surface area contributed by atoms with Crippen LogP contribution in [0.4, 0.5) is 21.5 Å². The van der Waals surface area contributed by atoms with Gasteiger partial charge in [-0.15, -0.1) is 0 Å². The summed E-state index contributed by atoms with van der Waals surface area (Å²) in [7, 11) is 3.89. The summed E-state index contributed by atoms with van der Waals surface area (Å²) in [6.07, 6.45) is 0. The summed E-state index contributed by atoms with van der Waals surface area (Å²) in [6, 6.07) is 14.0. The van der Waals surface area contributed by atoms with Gasteiger partial charge in [-0.2, -0.15) is 5.26 Å². The molecule has 19 heavy (non-hydrogen) atoms. The Morgan fingerprint density at radius 2 is 1.89 bits per heavy atom. The van der Waals surface area contributed by atoms with E-state index in [0.29, 0.717) is 5.69 Å². The van der Waals surface area contributed by atoms with Gasteiger partial charge in [0.15, 0.2) is 0 Å². The van der Waals surface area contributed by atoms with Crippen molar-refractivity contribution < 1.29 is 4.39 Å². The van der Waals surface area contributed by atoms with E-state index in [4.69, 9.17) is 5.26 Å². The predicted octanol–water partition coefficient (Wildman–Crippen LogP) is 3.51. The maximum Gasteiger partial charge on any atom is 0.143 e. The molecule has 0 radical (unpaired) electrons. The van der Waals surface area contributed by atoms with Gasteiger partial charge in [0.1, 0.15) is 11.9 Å². The molecule has 0 unspecified atom stereocenters. The van der Waals surface area contributed by atoms with Crippen molar-refractivity contribution in [3.63, 3.8) is 0 Å². The first kappa shape index (κ1) is 12.9. The monoisotopic (exact) mass is 255 g/mol. The van der Waals surface area contributed by atoms with E-state index in [-0.39, 0.29) is 5.56 Å². The van der Waals surface area contributed by atoms with Crippen molar-refractivity contribution in [3.05, 3.63) is 53.8 Å². The van der Waals surface area contributed by atoms with Crippen molar-refractivity contribution >= 4 is 17.1 Å². The highest BCUT2D eigenvalue weighted by Crippen LogP contribution is 2.27. The number of anilines is 3. The summed E-state index contributed by atoms with van der Waals surface area (Å²) in [5, 5.41) is 11.9. The van der Waals surface area contributed by atoms with Crippen molar-refractivity contribution in [2.75, 3.05) is 24.3 Å². The molecule has 0 atom stereocenters. The predicted molar refractivity (Wildman–Crippen MR) is 75.2 cm³/mol. The molecule has 0 aliphatic rings. The highest BCUT2D eigenvalue weighted by Gasteiger charge is 2.06. The number of nitrogens with zero attached hydrogens (tertiary/aromatic N) is 2. The maximum atomic E-state index is 13.5. The van der Waals surface area contributed by atoms with Gasteiger partial charge in [-0.3, -0.25) is 0 Å². The zero-order chi connectivity index (χ0) is 13.8. The van der Waals surface area contributed by atoms with Gasteiger partial charge >= 0.3 is 0 Å². The molecule has 2 aromatic carbocycles. The van der Waals surface area contributed by atoms with Crippen LogP contribution in [-0.2, 0) is 0 Å². The minimum atomic E-state index is -0.519. The molecule has 0 saturated heterocycles. The zero-order valence-electron chi connectivity index (χ0n) is 10.8. The minimum Gasteiger partial charge on any atom is -0.376 e. The molecule has 0 aliphatic carbocycles. The Bertz CT molecular complexity index is 630. The summed E-state index contributed by atoms with van der Waals surface area (Å²) in [6.45, 7) is 0. The van der Waals surface area contributed by atoms with Gasteiger partial charge in [0.2, 0.25) is 0 Å². The number of para-hydroxylation sites is 2. The van der Waals surface area contributed by atoms with Crippen LogP contribution in [0.15, 0.2) is 42.5 Å². The summed E-state index contributed by atoms with van der Waals surface area (Å²) in [4.78, 5) is 1.97. The lowest BCUT2D eigenvalue weighted by molar-refractivity contribution is 0.624. The number of rotatable bonds is 3. The molecular weight excluding hydrogens is 241 g/mol. The zero-order valence-corrected chi connectivity index (χ0v) is 10.8. The van der Waals surface area contributed by atoms with Crippen LogP contribution in [-0.4, -0.2) is 14.1 Å². The molecule has 2 rings (SSSR count). The number of nitrogens with one attached hydrogen (secondary N) is 1. The third-order valence-corrected chi connectivity index (χ3v) is 2.75. The number of nitriles is 1. The molecule has 0 amide bonds. The topological polar surface area (TPSA) is 39.1 Å². The van der Waals surface area contributed by atoms with Gasteiger partial charge in [-0.1, -0.05) is 12.1 Å². The second-order valence-electron chi connectivity index (χ2n) is 4.34. The third kappa shape index (κ3) is 2.83. The number of halogens is 1. The fraction of sp³-hybridized carbons (Fsp3) is 0.133. The van der Waals surface area contributed by atoms with Gasteiger partial charge in [0.05, 0.1) is 16.9 Å². The van der Waals surface area contributed by atoms with Crippen molar-refractivity contribution in [3.8, 4) is 6.07 Å². The van der Waals surface area contributed by atoms with Crippen molar-refractivity contribution in [2.45, 2.75) is 0 Å². The van der Waals surface area contributed by atoms with Gasteiger partial charge in [0, 0.05) is 19.8 Å². The average molecular weight is 255 g/mol. The lowest BCUT2D eigenvalue weighted by Gasteiger charge is -2.18. The van der Waals surface area contributed by atoms with Crippen LogP contribution in [0.3, 0.4) is 0 Å². The van der Waals surface area contributed by atoms with Crippen LogP contribution in [0.5, 0.6) is 0 Å². The first-order chi connectivity index (χ1) is 9.11. The van der Waals surface area contributed by atoms with Crippen molar-refractivity contribution in [2.24, 2.45) is 0 Å². The van der Waals surface area contributed by atoms with E-state index in [1.54, 1.807) is 12.1 Å². The van der Waals surface area contributed by atoms with Crippen molar-refractivity contribution in [1.82, 2.24) is 0 Å². The molecular formula is C15H14FN3. The number of benzene rings is 2. The molecule has 0 heterocycles. The minimum absolute atomic E-state index is 0.0476. The fourth-order valence-electron chi connectivity index (χ4n) is 1.81. The Morgan fingerprint density at radius 1 is 1.16 bits per heavy atom. The highest BCUT2D eigenvalue weighted by atomic mass is 19.1. The van der Waals surface area contributed by atoms with Crippen LogP contribution in [0.1, 0.15) is 5.56 Å². The Kier molecular flexibility index (Phi) is 3.67. The van der Waals surface area contributed by atoms with E-state index >= 15 is 0 Å². The quantitative estimate of drug-likeness (QED) is 0.912. The molecule has 0 fully saturated rings. The van der Waals surface area contributed by atoms with Crippen LogP contribution in [0, 0.1) is 17.1 Å². The van der Waals surface area contributed by atoms with Crippen molar-refractivity contribution in [1.29, 1.82) is 5.26 Å². The average Bonchev–Trinajstić information content (AvgIpc) is 2.39. The summed E-state index contributed by atoms with van der Waals surface area (Å²) in [5.41, 5.74) is 2.56. The fourth-order valence-corrected chi connectivity index (χ4v) is 1.81. The first-order valence-electron chi connectivity index (χ1n) is 5.85. The largest absolute Gasteiger partial charge is 0.376 e. The number of hydrogen-bond acceptors (Lipinski definition) is 3. The molecule has 0 bridgehead atoms. The van der Waals surface area contributed by atoms with E-state index in [1.807, 2.05) is 43.3 Å². The first-order valence-corrected chi connectivity index (χ1v) is 5.85. The van der Waals surface area contributed by atoms with E-state index in [2.05, 4.69) is 5.32 Å². The molecule has 96 valence electrons. The van der Waals surface area contributed by atoms with E-state index < -0.39 is 5.82 Å². The third-order valence-electron chi connectivity index (χ3n) is 2.75. The second kappa shape index (κ2) is 5.40. The standard InChI is InChI=1S/C15H14FN3/c1-19(2)15-6-4-3-5-14(15)18-12-8-7-11(10-17)13(16)9-12/h3-9,18H,1-2H3. The summed E-state index contributed by atoms with van der Waals surface area (Å²) >= 11 is 0. The molecule has 0 spiro atoms. The molecule has 0 aliphatic heterocycles. The van der Waals surface area contributed by atoms with Gasteiger partial charge in [0.25, 0.3) is 0 Å². The second-order valence-corrected chi connectivity index (χ2v) is 4.34. The normalized spacial score (nSPS) is 9.79. The lowest BCUT2D eigenvalue weighted by Crippen LogP contribution is -2.10. The Balaban J connectivity index is 2.32. The highest BCUT2D eigenvalue weighted by molar-refractivity contribution is 5.75. The van der Waals surface area contributed by atoms with Crippen LogP contribution in [0.2, 0.25) is 0 Å². The molecule has 4 heteroatoms.